The second-order valence-electron chi connectivity index (χ2n) is 3.66. The van der Waals surface area contributed by atoms with Gasteiger partial charge in [-0.25, -0.2) is 9.59 Å². The van der Waals surface area contributed by atoms with Gasteiger partial charge in [0.15, 0.2) is 5.78 Å². The van der Waals surface area contributed by atoms with Gasteiger partial charge in [0.05, 0.1) is 7.11 Å². The molecule has 19 heavy (non-hydrogen) atoms. The van der Waals surface area contributed by atoms with Gasteiger partial charge in [-0.2, -0.15) is 0 Å². The molecule has 1 aromatic carbocycles. The van der Waals surface area contributed by atoms with Gasteiger partial charge >= 0.3 is 12.1 Å². The number of nitrogens with one attached hydrogen (secondary N) is 1. The van der Waals surface area contributed by atoms with Crippen molar-refractivity contribution in [2.24, 2.45) is 0 Å². The Morgan fingerprint density at radius 2 is 1.89 bits per heavy atom. The van der Waals surface area contributed by atoms with Crippen LogP contribution in [-0.2, 0) is 9.53 Å². The van der Waals surface area contributed by atoms with E-state index >= 15 is 0 Å². The first-order valence-corrected chi connectivity index (χ1v) is 5.68. The van der Waals surface area contributed by atoms with Crippen LogP contribution >= 0.6 is 11.6 Å². The van der Waals surface area contributed by atoms with Crippen molar-refractivity contribution < 1.29 is 24.2 Å². The first-order chi connectivity index (χ1) is 8.93. The van der Waals surface area contributed by atoms with Crippen LogP contribution in [0.15, 0.2) is 24.3 Å². The Hall–Kier alpha value is -2.08. The van der Waals surface area contributed by atoms with Gasteiger partial charge in [0.25, 0.3) is 0 Å². The van der Waals surface area contributed by atoms with Gasteiger partial charge in [0.2, 0.25) is 0 Å². The van der Waals surface area contributed by atoms with E-state index in [1.807, 2.05) is 0 Å². The largest absolute Gasteiger partial charge is 0.480 e. The lowest BCUT2D eigenvalue weighted by atomic mass is 10.0. The average molecular weight is 286 g/mol. The van der Waals surface area contributed by atoms with Gasteiger partial charge in [-0.1, -0.05) is 11.6 Å². The third-order valence-corrected chi connectivity index (χ3v) is 2.58. The number of methoxy groups -OCH3 is 1. The van der Waals surface area contributed by atoms with E-state index in [0.717, 1.165) is 7.11 Å². The number of carbonyl (C=O) groups is 3. The van der Waals surface area contributed by atoms with Crippen LogP contribution in [0.1, 0.15) is 16.8 Å². The average Bonchev–Trinajstić information content (AvgIpc) is 2.38. The Balaban J connectivity index is 2.73. The lowest BCUT2D eigenvalue weighted by Gasteiger charge is -2.12. The van der Waals surface area contributed by atoms with E-state index < -0.39 is 23.9 Å². The number of carboxylic acid groups (broad SMARTS) is 1. The maximum atomic E-state index is 11.8. The summed E-state index contributed by atoms with van der Waals surface area (Å²) in [7, 11) is 1.11. The molecule has 0 aliphatic rings. The molecule has 7 heteroatoms. The molecule has 0 bridgehead atoms. The molecule has 0 fully saturated rings. The summed E-state index contributed by atoms with van der Waals surface area (Å²) in [6, 6.07) is 4.69. The zero-order valence-corrected chi connectivity index (χ0v) is 10.8. The standard InChI is InChI=1S/C12H12ClNO5/c1-19-12(18)14-9(11(16)17)6-10(15)7-2-4-8(13)5-3-7/h2-5,9H,6H2,1H3,(H,14,18)(H,16,17)/t9-/m1/s1. The summed E-state index contributed by atoms with van der Waals surface area (Å²) in [6.07, 6.45) is -1.28. The van der Waals surface area contributed by atoms with Crippen LogP contribution in [0.4, 0.5) is 4.79 Å². The molecule has 102 valence electrons. The SMILES string of the molecule is COC(=O)N[C@H](CC(=O)c1ccc(Cl)cc1)C(=O)O. The van der Waals surface area contributed by atoms with Crippen LogP contribution in [0.2, 0.25) is 5.02 Å². The van der Waals surface area contributed by atoms with E-state index in [9.17, 15) is 14.4 Å². The summed E-state index contributed by atoms with van der Waals surface area (Å²) >= 11 is 5.68. The van der Waals surface area contributed by atoms with Gasteiger partial charge in [-0.05, 0) is 24.3 Å². The Kier molecular flexibility index (Phi) is 5.32. The minimum atomic E-state index is -1.34. The van der Waals surface area contributed by atoms with Crippen LogP contribution in [0, 0.1) is 0 Å². The van der Waals surface area contributed by atoms with Crippen LogP contribution in [0.5, 0.6) is 0 Å². The molecule has 0 saturated heterocycles. The number of benzene rings is 1. The number of amides is 1. The van der Waals surface area contributed by atoms with Crippen LogP contribution in [0.25, 0.3) is 0 Å². The van der Waals surface area contributed by atoms with Crippen LogP contribution < -0.4 is 5.32 Å². The topological polar surface area (TPSA) is 92.7 Å². The van der Waals surface area contributed by atoms with Gasteiger partial charge in [-0.3, -0.25) is 4.79 Å². The minimum Gasteiger partial charge on any atom is -0.480 e. The molecular weight excluding hydrogens is 274 g/mol. The Bertz CT molecular complexity index is 485. The number of ketones is 1. The number of Topliss-reactive ketones (excluding diaryl/α,β-unsaturated/α-hetero) is 1. The predicted octanol–water partition coefficient (Wildman–Crippen LogP) is 1.72. The quantitative estimate of drug-likeness (QED) is 0.804. The Labute approximate surface area is 114 Å². The number of ether oxygens (including phenoxy) is 1. The smallest absolute Gasteiger partial charge is 0.407 e. The zero-order chi connectivity index (χ0) is 14.4. The molecule has 0 radical (unpaired) electrons. The lowest BCUT2D eigenvalue weighted by Crippen LogP contribution is -2.42. The molecule has 0 aliphatic heterocycles. The number of aliphatic carboxylic acids is 1. The van der Waals surface area contributed by atoms with Crippen molar-refractivity contribution in [2.45, 2.75) is 12.5 Å². The molecule has 1 aromatic rings. The number of hydrogen-bond acceptors (Lipinski definition) is 4. The molecule has 1 amide bonds. The molecule has 2 N–H and O–H groups in total. The van der Waals surface area contributed by atoms with E-state index in [-0.39, 0.29) is 6.42 Å². The van der Waals surface area contributed by atoms with E-state index in [4.69, 9.17) is 16.7 Å². The highest BCUT2D eigenvalue weighted by atomic mass is 35.5. The lowest BCUT2D eigenvalue weighted by molar-refractivity contribution is -0.139. The molecular formula is C12H12ClNO5. The van der Waals surface area contributed by atoms with Gasteiger partial charge in [0, 0.05) is 17.0 Å². The highest BCUT2D eigenvalue weighted by Crippen LogP contribution is 2.12. The molecule has 1 rings (SSSR count). The number of carbonyl (C=O) groups excluding carboxylic acids is 2. The van der Waals surface area contributed by atoms with E-state index in [1.165, 1.54) is 24.3 Å². The first-order valence-electron chi connectivity index (χ1n) is 5.30. The number of alkyl carbamates (subject to hydrolysis) is 1. The van der Waals surface area contributed by atoms with E-state index in [0.29, 0.717) is 10.6 Å². The van der Waals surface area contributed by atoms with Crippen molar-refractivity contribution in [2.75, 3.05) is 7.11 Å². The molecule has 0 heterocycles. The molecule has 0 saturated carbocycles. The fourth-order valence-electron chi connectivity index (χ4n) is 1.34. The zero-order valence-electron chi connectivity index (χ0n) is 10.1. The second-order valence-corrected chi connectivity index (χ2v) is 4.10. The molecule has 0 unspecified atom stereocenters. The summed E-state index contributed by atoms with van der Waals surface area (Å²) < 4.78 is 4.29. The summed E-state index contributed by atoms with van der Waals surface area (Å²) in [4.78, 5) is 33.7. The van der Waals surface area contributed by atoms with Gasteiger partial charge in [-0.15, -0.1) is 0 Å². The molecule has 0 aromatic heterocycles. The van der Waals surface area contributed by atoms with Crippen LogP contribution in [-0.4, -0.2) is 36.1 Å². The molecule has 0 aliphatic carbocycles. The molecule has 6 nitrogen and oxygen atoms in total. The maximum absolute atomic E-state index is 11.8. The third-order valence-electron chi connectivity index (χ3n) is 2.33. The number of carboxylic acids is 1. The van der Waals surface area contributed by atoms with Crippen molar-refractivity contribution in [3.63, 3.8) is 0 Å². The Morgan fingerprint density at radius 1 is 1.32 bits per heavy atom. The monoisotopic (exact) mass is 285 g/mol. The number of hydrogen-bond donors (Lipinski definition) is 2. The number of halogens is 1. The van der Waals surface area contributed by atoms with Crippen molar-refractivity contribution in [3.05, 3.63) is 34.9 Å². The summed E-state index contributed by atoms with van der Waals surface area (Å²) in [5.74, 6) is -1.73. The van der Waals surface area contributed by atoms with E-state index in [1.54, 1.807) is 0 Å². The van der Waals surface area contributed by atoms with Gasteiger partial charge in [0.1, 0.15) is 6.04 Å². The fourth-order valence-corrected chi connectivity index (χ4v) is 1.47. The van der Waals surface area contributed by atoms with Crippen LogP contribution in [0.3, 0.4) is 0 Å². The highest BCUT2D eigenvalue weighted by molar-refractivity contribution is 6.30. The summed E-state index contributed by atoms with van der Waals surface area (Å²) in [6.45, 7) is 0. The molecule has 1 atom stereocenters. The third kappa shape index (κ3) is 4.59. The number of rotatable bonds is 5. The summed E-state index contributed by atoms with van der Waals surface area (Å²) in [5, 5.41) is 11.5. The predicted molar refractivity (Wildman–Crippen MR) is 67.4 cm³/mol. The maximum Gasteiger partial charge on any atom is 0.407 e. The van der Waals surface area contributed by atoms with E-state index in [2.05, 4.69) is 10.1 Å². The van der Waals surface area contributed by atoms with Crippen molar-refractivity contribution in [1.82, 2.24) is 5.32 Å². The Morgan fingerprint density at radius 3 is 2.37 bits per heavy atom. The van der Waals surface area contributed by atoms with Crippen molar-refractivity contribution in [3.8, 4) is 0 Å². The first kappa shape index (κ1) is 15.0. The van der Waals surface area contributed by atoms with Gasteiger partial charge < -0.3 is 15.2 Å². The fraction of sp³-hybridized carbons (Fsp3) is 0.250. The molecule has 0 spiro atoms. The van der Waals surface area contributed by atoms with Crippen molar-refractivity contribution in [1.29, 1.82) is 0 Å². The highest BCUT2D eigenvalue weighted by Gasteiger charge is 2.24. The second kappa shape index (κ2) is 6.75. The minimum absolute atomic E-state index is 0.322. The van der Waals surface area contributed by atoms with Crippen molar-refractivity contribution >= 4 is 29.4 Å². The normalized spacial score (nSPS) is 11.5. The summed E-state index contributed by atoms with van der Waals surface area (Å²) in [5.41, 5.74) is 0.322.